The Labute approximate surface area is 235 Å². The normalized spacial score (nSPS) is 11.4. The molecular formula is C29H27ClN4O6. The number of carbonyl (C=O) groups excluding carboxylic acids is 3. The Bertz CT molecular complexity index is 1470. The average molecular weight is 563 g/mol. The molecule has 1 atom stereocenters. The third-order valence-electron chi connectivity index (χ3n) is 5.74. The first-order valence-corrected chi connectivity index (χ1v) is 12.7. The van der Waals surface area contributed by atoms with Gasteiger partial charge in [-0.3, -0.25) is 4.79 Å². The molecule has 0 bridgehead atoms. The standard InChI is InChI=1S/C29H27ClN4O6/c1-17(2)26(28(36)38-3)33-27(35)25-16-24(34-40-25)18-4-8-20(9-5-18)31-29(37)32-21-10-14-23(15-11-21)39-22-12-6-19(30)7-13-22/h4-17,26H,1-3H3,(H,33,35)(H2,31,32,37). The van der Waals surface area contributed by atoms with Crippen molar-refractivity contribution >= 4 is 40.9 Å². The van der Waals surface area contributed by atoms with Crippen LogP contribution in [0.3, 0.4) is 0 Å². The summed E-state index contributed by atoms with van der Waals surface area (Å²) < 4.78 is 15.7. The van der Waals surface area contributed by atoms with E-state index >= 15 is 0 Å². The van der Waals surface area contributed by atoms with Crippen LogP contribution in [0.25, 0.3) is 11.3 Å². The molecule has 0 saturated heterocycles. The van der Waals surface area contributed by atoms with E-state index in [-0.39, 0.29) is 11.7 Å². The summed E-state index contributed by atoms with van der Waals surface area (Å²) in [5, 5.41) is 12.7. The molecule has 0 aliphatic rings. The molecule has 3 N–H and O–H groups in total. The van der Waals surface area contributed by atoms with Crippen molar-refractivity contribution in [3.63, 3.8) is 0 Å². The van der Waals surface area contributed by atoms with Gasteiger partial charge in [-0.15, -0.1) is 0 Å². The number of urea groups is 1. The summed E-state index contributed by atoms with van der Waals surface area (Å²) in [4.78, 5) is 36.9. The van der Waals surface area contributed by atoms with E-state index in [0.717, 1.165) is 0 Å². The largest absolute Gasteiger partial charge is 0.467 e. The summed E-state index contributed by atoms with van der Waals surface area (Å²) in [6, 6.07) is 21.0. The molecule has 1 unspecified atom stereocenters. The van der Waals surface area contributed by atoms with E-state index in [9.17, 15) is 14.4 Å². The average Bonchev–Trinajstić information content (AvgIpc) is 3.44. The number of halogens is 1. The number of benzene rings is 3. The topological polar surface area (TPSA) is 132 Å². The number of carbonyl (C=O) groups is 3. The van der Waals surface area contributed by atoms with Crippen LogP contribution in [-0.2, 0) is 9.53 Å². The monoisotopic (exact) mass is 562 g/mol. The molecule has 0 saturated carbocycles. The minimum Gasteiger partial charge on any atom is -0.467 e. The van der Waals surface area contributed by atoms with Gasteiger partial charge in [0.25, 0.3) is 5.91 Å². The quantitative estimate of drug-likeness (QED) is 0.202. The van der Waals surface area contributed by atoms with E-state index < -0.39 is 23.9 Å². The number of ether oxygens (including phenoxy) is 2. The highest BCUT2D eigenvalue weighted by Gasteiger charge is 2.27. The number of esters is 1. The first-order valence-electron chi connectivity index (χ1n) is 12.3. The van der Waals surface area contributed by atoms with Crippen molar-refractivity contribution in [2.75, 3.05) is 17.7 Å². The van der Waals surface area contributed by atoms with Crippen LogP contribution in [-0.4, -0.2) is 36.2 Å². The fourth-order valence-corrected chi connectivity index (χ4v) is 3.74. The molecule has 1 aromatic heterocycles. The van der Waals surface area contributed by atoms with Crippen molar-refractivity contribution in [2.45, 2.75) is 19.9 Å². The van der Waals surface area contributed by atoms with Crippen LogP contribution >= 0.6 is 11.6 Å². The number of amides is 3. The molecule has 0 radical (unpaired) electrons. The van der Waals surface area contributed by atoms with Gasteiger partial charge in [0.1, 0.15) is 23.2 Å². The third-order valence-corrected chi connectivity index (χ3v) is 5.99. The maximum atomic E-state index is 12.5. The fraction of sp³-hybridized carbons (Fsp3) is 0.172. The number of nitrogens with zero attached hydrogens (tertiary/aromatic N) is 1. The van der Waals surface area contributed by atoms with Gasteiger partial charge in [-0.05, 0) is 66.6 Å². The van der Waals surface area contributed by atoms with Crippen LogP contribution in [0.2, 0.25) is 5.02 Å². The number of aromatic nitrogens is 1. The first kappa shape index (κ1) is 28.2. The summed E-state index contributed by atoms with van der Waals surface area (Å²) in [5.74, 6) is -0.0895. The van der Waals surface area contributed by atoms with Crippen molar-refractivity contribution in [1.82, 2.24) is 10.5 Å². The predicted molar refractivity (Wildman–Crippen MR) is 151 cm³/mol. The van der Waals surface area contributed by atoms with Crippen molar-refractivity contribution in [3.8, 4) is 22.8 Å². The number of hydrogen-bond acceptors (Lipinski definition) is 7. The maximum Gasteiger partial charge on any atom is 0.328 e. The van der Waals surface area contributed by atoms with Gasteiger partial charge in [-0.2, -0.15) is 0 Å². The minimum atomic E-state index is -0.816. The van der Waals surface area contributed by atoms with Gasteiger partial charge in [-0.25, -0.2) is 9.59 Å². The van der Waals surface area contributed by atoms with Gasteiger partial charge in [0.05, 0.1) is 7.11 Å². The number of anilines is 2. The molecule has 0 spiro atoms. The smallest absolute Gasteiger partial charge is 0.328 e. The van der Waals surface area contributed by atoms with Gasteiger partial charge in [0.15, 0.2) is 0 Å². The van der Waals surface area contributed by atoms with E-state index in [0.29, 0.717) is 39.2 Å². The van der Waals surface area contributed by atoms with Crippen molar-refractivity contribution in [1.29, 1.82) is 0 Å². The summed E-state index contributed by atoms with van der Waals surface area (Å²) >= 11 is 5.89. The number of methoxy groups -OCH3 is 1. The van der Waals surface area contributed by atoms with Crippen molar-refractivity contribution in [3.05, 3.63) is 89.6 Å². The molecule has 3 amide bonds. The van der Waals surface area contributed by atoms with E-state index in [2.05, 4.69) is 21.1 Å². The summed E-state index contributed by atoms with van der Waals surface area (Å²) in [6.45, 7) is 3.58. The third kappa shape index (κ3) is 7.39. The van der Waals surface area contributed by atoms with Gasteiger partial charge in [0, 0.05) is 28.0 Å². The SMILES string of the molecule is COC(=O)C(NC(=O)c1cc(-c2ccc(NC(=O)Nc3ccc(Oc4ccc(Cl)cc4)cc3)cc2)no1)C(C)C. The number of rotatable bonds is 9. The highest BCUT2D eigenvalue weighted by atomic mass is 35.5. The van der Waals surface area contributed by atoms with Crippen LogP contribution in [0.4, 0.5) is 16.2 Å². The lowest BCUT2D eigenvalue weighted by atomic mass is 10.0. The highest BCUT2D eigenvalue weighted by molar-refractivity contribution is 6.30. The van der Waals surface area contributed by atoms with Crippen LogP contribution < -0.4 is 20.7 Å². The molecule has 11 heteroatoms. The van der Waals surface area contributed by atoms with Crippen molar-refractivity contribution < 1.29 is 28.4 Å². The van der Waals surface area contributed by atoms with Crippen LogP contribution in [0.5, 0.6) is 11.5 Å². The lowest BCUT2D eigenvalue weighted by molar-refractivity contribution is -0.144. The predicted octanol–water partition coefficient (Wildman–Crippen LogP) is 6.36. The lowest BCUT2D eigenvalue weighted by Crippen LogP contribution is -2.44. The second-order valence-corrected chi connectivity index (χ2v) is 9.47. The van der Waals surface area contributed by atoms with Crippen LogP contribution in [0.15, 0.2) is 83.4 Å². The molecule has 0 aliphatic heterocycles. The second kappa shape index (κ2) is 12.8. The molecular weight excluding hydrogens is 536 g/mol. The summed E-state index contributed by atoms with van der Waals surface area (Å²) in [7, 11) is 1.26. The molecule has 0 aliphatic carbocycles. The van der Waals surface area contributed by atoms with Gasteiger partial charge in [0.2, 0.25) is 5.76 Å². The molecule has 1 heterocycles. The Morgan fingerprint density at radius 1 is 0.850 bits per heavy atom. The van der Waals surface area contributed by atoms with E-state index in [1.54, 1.807) is 86.6 Å². The molecule has 206 valence electrons. The Morgan fingerprint density at radius 3 is 1.95 bits per heavy atom. The molecule has 40 heavy (non-hydrogen) atoms. The Morgan fingerprint density at radius 2 is 1.40 bits per heavy atom. The molecule has 4 aromatic rings. The second-order valence-electron chi connectivity index (χ2n) is 9.03. The summed E-state index contributed by atoms with van der Waals surface area (Å²) in [6.07, 6.45) is 0. The zero-order valence-electron chi connectivity index (χ0n) is 21.9. The highest BCUT2D eigenvalue weighted by Crippen LogP contribution is 2.25. The maximum absolute atomic E-state index is 12.5. The lowest BCUT2D eigenvalue weighted by Gasteiger charge is -2.18. The fourth-order valence-electron chi connectivity index (χ4n) is 3.62. The summed E-state index contributed by atoms with van der Waals surface area (Å²) in [5.41, 5.74) is 2.21. The zero-order valence-corrected chi connectivity index (χ0v) is 22.7. The Kier molecular flexibility index (Phi) is 9.03. The van der Waals surface area contributed by atoms with E-state index in [1.807, 2.05) is 0 Å². The Hall–Kier alpha value is -4.83. The minimum absolute atomic E-state index is 0.0456. The van der Waals surface area contributed by atoms with Gasteiger partial charge >= 0.3 is 12.0 Å². The molecule has 4 rings (SSSR count). The molecule has 3 aromatic carbocycles. The molecule has 0 fully saturated rings. The zero-order chi connectivity index (χ0) is 28.6. The Balaban J connectivity index is 1.31. The van der Waals surface area contributed by atoms with E-state index in [1.165, 1.54) is 13.2 Å². The van der Waals surface area contributed by atoms with Crippen molar-refractivity contribution in [2.24, 2.45) is 5.92 Å². The van der Waals surface area contributed by atoms with E-state index in [4.69, 9.17) is 25.6 Å². The van der Waals surface area contributed by atoms with Crippen LogP contribution in [0.1, 0.15) is 24.4 Å². The first-order chi connectivity index (χ1) is 19.2. The van der Waals surface area contributed by atoms with Crippen LogP contribution in [0, 0.1) is 5.92 Å². The number of nitrogens with one attached hydrogen (secondary N) is 3. The van der Waals surface area contributed by atoms with Gasteiger partial charge in [-0.1, -0.05) is 42.7 Å². The molecule has 10 nitrogen and oxygen atoms in total. The van der Waals surface area contributed by atoms with Gasteiger partial charge < -0.3 is 29.9 Å². The number of hydrogen-bond donors (Lipinski definition) is 3.